The molecule has 0 aromatic heterocycles. The van der Waals surface area contributed by atoms with Crippen molar-refractivity contribution >= 4 is 15.7 Å². The molecule has 1 atom stereocenters. The number of likely N-dealkylation sites (N-methyl/N-ethyl adjacent to an activating group) is 1. The molecule has 0 aliphatic carbocycles. The number of rotatable bonds is 4. The Morgan fingerprint density at radius 2 is 2.14 bits per heavy atom. The van der Waals surface area contributed by atoms with Gasteiger partial charge in [0.05, 0.1) is 9.82 Å². The Bertz CT molecular complexity index is 639. The highest BCUT2D eigenvalue weighted by molar-refractivity contribution is 7.89. The summed E-state index contributed by atoms with van der Waals surface area (Å²) in [6, 6.07) is 3.91. The number of benzene rings is 1. The van der Waals surface area contributed by atoms with Crippen LogP contribution >= 0.6 is 0 Å². The first-order valence-corrected chi connectivity index (χ1v) is 8.22. The molecule has 2 rings (SSSR count). The predicted molar refractivity (Wildman–Crippen MR) is 78.7 cm³/mol. The number of aryl methyl sites for hydroxylation is 1. The summed E-state index contributed by atoms with van der Waals surface area (Å²) >= 11 is 0. The summed E-state index contributed by atoms with van der Waals surface area (Å²) in [5.41, 5.74) is 0.271. The van der Waals surface area contributed by atoms with Crippen LogP contribution in [0.4, 0.5) is 5.69 Å². The van der Waals surface area contributed by atoms with Crippen LogP contribution in [0.25, 0.3) is 0 Å². The summed E-state index contributed by atoms with van der Waals surface area (Å²) in [6.07, 6.45) is 1.70. The Balaban J connectivity index is 2.34. The van der Waals surface area contributed by atoms with Crippen molar-refractivity contribution in [2.75, 3.05) is 20.1 Å². The first-order valence-electron chi connectivity index (χ1n) is 6.78. The van der Waals surface area contributed by atoms with E-state index >= 15 is 0 Å². The molecule has 0 amide bonds. The maximum Gasteiger partial charge on any atom is 0.273 e. The first-order chi connectivity index (χ1) is 9.84. The Morgan fingerprint density at radius 3 is 2.71 bits per heavy atom. The van der Waals surface area contributed by atoms with E-state index in [-0.39, 0.29) is 16.6 Å². The zero-order valence-electron chi connectivity index (χ0n) is 12.1. The Kier molecular flexibility index (Phi) is 4.60. The van der Waals surface area contributed by atoms with Crippen LogP contribution < -0.4 is 5.32 Å². The highest BCUT2D eigenvalue weighted by Gasteiger charge is 2.30. The maximum absolute atomic E-state index is 12.6. The molecule has 1 aromatic carbocycles. The van der Waals surface area contributed by atoms with Gasteiger partial charge >= 0.3 is 0 Å². The fourth-order valence-electron chi connectivity index (χ4n) is 2.45. The molecule has 0 spiro atoms. The minimum absolute atomic E-state index is 0.0344. The van der Waals surface area contributed by atoms with Crippen molar-refractivity contribution < 1.29 is 13.3 Å². The third-order valence-corrected chi connectivity index (χ3v) is 5.75. The molecular weight excluding hydrogens is 294 g/mol. The van der Waals surface area contributed by atoms with Crippen molar-refractivity contribution in [1.29, 1.82) is 0 Å². The summed E-state index contributed by atoms with van der Waals surface area (Å²) in [4.78, 5) is 10.4. The molecule has 1 aromatic rings. The third kappa shape index (κ3) is 3.22. The summed E-state index contributed by atoms with van der Waals surface area (Å²) < 4.78 is 26.5. The van der Waals surface area contributed by atoms with Gasteiger partial charge in [0.25, 0.3) is 5.69 Å². The minimum atomic E-state index is -3.72. The summed E-state index contributed by atoms with van der Waals surface area (Å²) in [5, 5.41) is 14.1. The van der Waals surface area contributed by atoms with Crippen molar-refractivity contribution in [3.63, 3.8) is 0 Å². The van der Waals surface area contributed by atoms with Gasteiger partial charge in [0.1, 0.15) is 0 Å². The lowest BCUT2D eigenvalue weighted by Gasteiger charge is -2.30. The summed E-state index contributed by atoms with van der Waals surface area (Å²) in [7, 11) is -2.20. The number of piperidine rings is 1. The van der Waals surface area contributed by atoms with E-state index in [2.05, 4.69) is 5.32 Å². The first kappa shape index (κ1) is 15.9. The fraction of sp³-hybridized carbons (Fsp3) is 0.538. The van der Waals surface area contributed by atoms with Gasteiger partial charge in [0.15, 0.2) is 0 Å². The lowest BCUT2D eigenvalue weighted by atomic mass is 10.1. The topological polar surface area (TPSA) is 92.6 Å². The number of nitrogens with one attached hydrogen (secondary N) is 1. The quantitative estimate of drug-likeness (QED) is 0.667. The Morgan fingerprint density at radius 1 is 1.43 bits per heavy atom. The maximum atomic E-state index is 12.6. The van der Waals surface area contributed by atoms with Crippen molar-refractivity contribution in [3.8, 4) is 0 Å². The van der Waals surface area contributed by atoms with Crippen molar-refractivity contribution in [2.24, 2.45) is 0 Å². The molecule has 0 radical (unpaired) electrons. The molecule has 1 unspecified atom stereocenters. The van der Waals surface area contributed by atoms with Crippen LogP contribution in [0.2, 0.25) is 0 Å². The van der Waals surface area contributed by atoms with Gasteiger partial charge in [-0.25, -0.2) is 8.42 Å². The van der Waals surface area contributed by atoms with E-state index in [1.165, 1.54) is 23.5 Å². The molecular formula is C13H19N3O4S. The van der Waals surface area contributed by atoms with Gasteiger partial charge in [-0.05, 0) is 32.4 Å². The lowest BCUT2D eigenvalue weighted by Crippen LogP contribution is -2.46. The zero-order valence-corrected chi connectivity index (χ0v) is 12.9. The molecule has 1 saturated heterocycles. The van der Waals surface area contributed by atoms with Gasteiger partial charge in [-0.2, -0.15) is 4.31 Å². The highest BCUT2D eigenvalue weighted by atomic mass is 32.2. The smallest absolute Gasteiger partial charge is 0.273 e. The second kappa shape index (κ2) is 6.08. The lowest BCUT2D eigenvalue weighted by molar-refractivity contribution is -0.385. The van der Waals surface area contributed by atoms with Crippen LogP contribution in [0.5, 0.6) is 0 Å². The number of hydrogen-bond donors (Lipinski definition) is 1. The van der Waals surface area contributed by atoms with E-state index in [4.69, 9.17) is 0 Å². The fourth-order valence-corrected chi connectivity index (χ4v) is 3.86. The van der Waals surface area contributed by atoms with Gasteiger partial charge in [-0.15, -0.1) is 0 Å². The van der Waals surface area contributed by atoms with E-state index in [0.29, 0.717) is 12.1 Å². The third-order valence-electron chi connectivity index (χ3n) is 3.84. The van der Waals surface area contributed by atoms with Crippen molar-refractivity contribution in [1.82, 2.24) is 9.62 Å². The Labute approximate surface area is 124 Å². The van der Waals surface area contributed by atoms with E-state index in [0.717, 1.165) is 25.5 Å². The normalized spacial score (nSPS) is 19.7. The monoisotopic (exact) mass is 313 g/mol. The van der Waals surface area contributed by atoms with E-state index in [1.807, 2.05) is 0 Å². The van der Waals surface area contributed by atoms with Crippen LogP contribution in [0, 0.1) is 17.0 Å². The van der Waals surface area contributed by atoms with Gasteiger partial charge < -0.3 is 5.32 Å². The number of hydrogen-bond acceptors (Lipinski definition) is 5. The molecule has 1 heterocycles. The van der Waals surface area contributed by atoms with Gasteiger partial charge in [0, 0.05) is 31.3 Å². The molecule has 1 N–H and O–H groups in total. The van der Waals surface area contributed by atoms with E-state index in [9.17, 15) is 18.5 Å². The van der Waals surface area contributed by atoms with Gasteiger partial charge in [-0.3, -0.25) is 10.1 Å². The number of nitro groups is 1. The zero-order chi connectivity index (χ0) is 15.6. The Hall–Kier alpha value is -1.51. The SMILES string of the molecule is Cc1ccc(S(=O)(=O)N(C)C2CCCNC2)cc1[N+](=O)[O-]. The van der Waals surface area contributed by atoms with Crippen LogP contribution in [0.1, 0.15) is 18.4 Å². The van der Waals surface area contributed by atoms with Crippen LogP contribution in [-0.4, -0.2) is 43.8 Å². The second-order valence-corrected chi connectivity index (χ2v) is 7.22. The summed E-state index contributed by atoms with van der Waals surface area (Å²) in [5.74, 6) is 0. The highest BCUT2D eigenvalue weighted by Crippen LogP contribution is 2.25. The van der Waals surface area contributed by atoms with Crippen molar-refractivity contribution in [3.05, 3.63) is 33.9 Å². The van der Waals surface area contributed by atoms with Gasteiger partial charge in [0.2, 0.25) is 10.0 Å². The molecule has 1 aliphatic rings. The van der Waals surface area contributed by atoms with Crippen molar-refractivity contribution in [2.45, 2.75) is 30.7 Å². The van der Waals surface area contributed by atoms with Crippen LogP contribution in [-0.2, 0) is 10.0 Å². The molecule has 21 heavy (non-hydrogen) atoms. The number of sulfonamides is 1. The number of nitro benzene ring substituents is 1. The average Bonchev–Trinajstić information content (AvgIpc) is 2.47. The second-order valence-electron chi connectivity index (χ2n) is 5.23. The standard InChI is InChI=1S/C13H19N3O4S/c1-10-5-6-12(8-13(10)16(17)18)21(19,20)15(2)11-4-3-7-14-9-11/h5-6,8,11,14H,3-4,7,9H2,1-2H3. The molecule has 8 heteroatoms. The van der Waals surface area contributed by atoms with E-state index in [1.54, 1.807) is 6.92 Å². The van der Waals surface area contributed by atoms with Crippen LogP contribution in [0.3, 0.4) is 0 Å². The molecule has 116 valence electrons. The number of nitrogens with zero attached hydrogens (tertiary/aromatic N) is 2. The largest absolute Gasteiger partial charge is 0.315 e. The molecule has 1 aliphatic heterocycles. The molecule has 0 saturated carbocycles. The summed E-state index contributed by atoms with van der Waals surface area (Å²) in [6.45, 7) is 3.08. The molecule has 7 nitrogen and oxygen atoms in total. The van der Waals surface area contributed by atoms with E-state index < -0.39 is 14.9 Å². The van der Waals surface area contributed by atoms with Crippen LogP contribution in [0.15, 0.2) is 23.1 Å². The average molecular weight is 313 g/mol. The predicted octanol–water partition coefficient (Wildman–Crippen LogP) is 1.28. The minimum Gasteiger partial charge on any atom is -0.315 e. The molecule has 0 bridgehead atoms. The van der Waals surface area contributed by atoms with Gasteiger partial charge in [-0.1, -0.05) is 6.07 Å². The molecule has 1 fully saturated rings.